The first-order valence-electron chi connectivity index (χ1n) is 5.53. The summed E-state index contributed by atoms with van der Waals surface area (Å²) < 4.78 is 0. The van der Waals surface area contributed by atoms with Crippen molar-refractivity contribution in [3.8, 4) is 0 Å². The van der Waals surface area contributed by atoms with Gasteiger partial charge in [0, 0.05) is 6.54 Å². The summed E-state index contributed by atoms with van der Waals surface area (Å²) in [5, 5.41) is 0.467. The van der Waals surface area contributed by atoms with Crippen LogP contribution in [-0.2, 0) is 6.54 Å². The molecule has 82 valence electrons. The molecule has 1 saturated heterocycles. The Hall–Kier alpha value is -0.670. The van der Waals surface area contributed by atoms with Crippen molar-refractivity contribution in [2.24, 2.45) is 0 Å². The van der Waals surface area contributed by atoms with Gasteiger partial charge >= 0.3 is 0 Å². The first kappa shape index (κ1) is 10.8. The minimum atomic E-state index is 0.467. The van der Waals surface area contributed by atoms with E-state index in [-0.39, 0.29) is 0 Å². The largest absolute Gasteiger partial charge is 0.297 e. The molecule has 0 spiro atoms. The summed E-state index contributed by atoms with van der Waals surface area (Å²) in [6, 6.07) is 0. The maximum Gasteiger partial charge on any atom is 0.147 e. The van der Waals surface area contributed by atoms with E-state index in [4.69, 9.17) is 11.6 Å². The molecule has 0 aromatic carbocycles. The van der Waals surface area contributed by atoms with Crippen LogP contribution in [0.15, 0.2) is 12.4 Å². The quantitative estimate of drug-likeness (QED) is 0.775. The van der Waals surface area contributed by atoms with Crippen molar-refractivity contribution >= 4 is 11.6 Å². The zero-order chi connectivity index (χ0) is 10.5. The van der Waals surface area contributed by atoms with Crippen LogP contribution in [-0.4, -0.2) is 28.0 Å². The van der Waals surface area contributed by atoms with Crippen LogP contribution in [0.25, 0.3) is 0 Å². The molecule has 0 atom stereocenters. The molecule has 1 aromatic rings. The molecule has 0 N–H and O–H groups in total. The number of hydrogen-bond acceptors (Lipinski definition) is 3. The molecule has 1 aromatic heterocycles. The van der Waals surface area contributed by atoms with E-state index in [1.165, 1.54) is 38.8 Å². The van der Waals surface area contributed by atoms with E-state index in [9.17, 15) is 0 Å². The van der Waals surface area contributed by atoms with Gasteiger partial charge in [0.05, 0.1) is 18.1 Å². The third kappa shape index (κ3) is 3.43. The predicted octanol–water partition coefficient (Wildman–Crippen LogP) is 2.51. The lowest BCUT2D eigenvalue weighted by Crippen LogP contribution is -2.24. The van der Waals surface area contributed by atoms with Gasteiger partial charge in [-0.05, 0) is 25.9 Å². The van der Waals surface area contributed by atoms with E-state index in [0.717, 1.165) is 12.2 Å². The van der Waals surface area contributed by atoms with Crippen LogP contribution in [0.4, 0.5) is 0 Å². The lowest BCUT2D eigenvalue weighted by Gasteiger charge is -2.18. The topological polar surface area (TPSA) is 29.0 Å². The normalized spacial score (nSPS) is 18.7. The standard InChI is InChI=1S/C11H16ClN3/c12-11-8-13-10(7-14-11)9-15-5-3-1-2-4-6-15/h7-8H,1-6,9H2. The molecule has 0 aliphatic carbocycles. The Kier molecular flexibility index (Phi) is 3.92. The average Bonchev–Trinajstić information content (AvgIpc) is 2.50. The van der Waals surface area contributed by atoms with Crippen LogP contribution in [0.5, 0.6) is 0 Å². The molecular formula is C11H16ClN3. The van der Waals surface area contributed by atoms with Gasteiger partial charge in [0.2, 0.25) is 0 Å². The monoisotopic (exact) mass is 225 g/mol. The molecule has 15 heavy (non-hydrogen) atoms. The second-order valence-electron chi connectivity index (χ2n) is 4.02. The Morgan fingerprint density at radius 3 is 2.40 bits per heavy atom. The fourth-order valence-corrected chi connectivity index (χ4v) is 2.04. The zero-order valence-electron chi connectivity index (χ0n) is 8.82. The zero-order valence-corrected chi connectivity index (χ0v) is 9.58. The first-order chi connectivity index (χ1) is 7.34. The van der Waals surface area contributed by atoms with Crippen molar-refractivity contribution in [1.29, 1.82) is 0 Å². The fraction of sp³-hybridized carbons (Fsp3) is 0.636. The molecule has 4 heteroatoms. The molecule has 0 radical (unpaired) electrons. The van der Waals surface area contributed by atoms with Crippen molar-refractivity contribution in [3.05, 3.63) is 23.2 Å². The highest BCUT2D eigenvalue weighted by Gasteiger charge is 2.09. The first-order valence-corrected chi connectivity index (χ1v) is 5.91. The van der Waals surface area contributed by atoms with Crippen molar-refractivity contribution in [3.63, 3.8) is 0 Å². The molecule has 0 saturated carbocycles. The predicted molar refractivity (Wildman–Crippen MR) is 60.8 cm³/mol. The summed E-state index contributed by atoms with van der Waals surface area (Å²) in [6.45, 7) is 3.28. The number of rotatable bonds is 2. The van der Waals surface area contributed by atoms with Gasteiger partial charge in [0.15, 0.2) is 0 Å². The maximum absolute atomic E-state index is 5.69. The molecule has 0 bridgehead atoms. The summed E-state index contributed by atoms with van der Waals surface area (Å²) in [4.78, 5) is 10.8. The summed E-state index contributed by atoms with van der Waals surface area (Å²) in [5.74, 6) is 0. The molecule has 0 amide bonds. The maximum atomic E-state index is 5.69. The number of hydrogen-bond donors (Lipinski definition) is 0. The van der Waals surface area contributed by atoms with Crippen molar-refractivity contribution in [2.45, 2.75) is 32.2 Å². The van der Waals surface area contributed by atoms with Gasteiger partial charge in [-0.2, -0.15) is 0 Å². The van der Waals surface area contributed by atoms with E-state index in [1.807, 2.05) is 0 Å². The van der Waals surface area contributed by atoms with Crippen molar-refractivity contribution in [2.75, 3.05) is 13.1 Å². The highest BCUT2D eigenvalue weighted by atomic mass is 35.5. The summed E-state index contributed by atoms with van der Waals surface area (Å²) in [5.41, 5.74) is 1.02. The summed E-state index contributed by atoms with van der Waals surface area (Å²) >= 11 is 5.69. The highest BCUT2D eigenvalue weighted by Crippen LogP contribution is 2.12. The van der Waals surface area contributed by atoms with E-state index >= 15 is 0 Å². The Labute approximate surface area is 95.5 Å². The summed E-state index contributed by atoms with van der Waals surface area (Å²) in [7, 11) is 0. The lowest BCUT2D eigenvalue weighted by molar-refractivity contribution is 0.273. The second-order valence-corrected chi connectivity index (χ2v) is 4.41. The molecular weight excluding hydrogens is 210 g/mol. The van der Waals surface area contributed by atoms with Gasteiger partial charge in [0.25, 0.3) is 0 Å². The number of aromatic nitrogens is 2. The van der Waals surface area contributed by atoms with E-state index in [1.54, 1.807) is 12.4 Å². The van der Waals surface area contributed by atoms with Crippen LogP contribution in [0, 0.1) is 0 Å². The minimum Gasteiger partial charge on any atom is -0.297 e. The number of nitrogens with zero attached hydrogens (tertiary/aromatic N) is 3. The molecule has 3 nitrogen and oxygen atoms in total. The van der Waals surface area contributed by atoms with Crippen LogP contribution >= 0.6 is 11.6 Å². The van der Waals surface area contributed by atoms with Gasteiger partial charge in [-0.1, -0.05) is 24.4 Å². The molecule has 1 aliphatic heterocycles. The number of halogens is 1. The van der Waals surface area contributed by atoms with E-state index in [2.05, 4.69) is 14.9 Å². The Balaban J connectivity index is 1.92. The minimum absolute atomic E-state index is 0.467. The smallest absolute Gasteiger partial charge is 0.147 e. The Morgan fingerprint density at radius 2 is 1.80 bits per heavy atom. The third-order valence-electron chi connectivity index (χ3n) is 2.76. The van der Waals surface area contributed by atoms with Gasteiger partial charge in [-0.25, -0.2) is 4.98 Å². The highest BCUT2D eigenvalue weighted by molar-refractivity contribution is 6.29. The van der Waals surface area contributed by atoms with Crippen LogP contribution < -0.4 is 0 Å². The van der Waals surface area contributed by atoms with Crippen LogP contribution in [0.2, 0.25) is 5.15 Å². The molecule has 1 fully saturated rings. The third-order valence-corrected chi connectivity index (χ3v) is 2.95. The van der Waals surface area contributed by atoms with Gasteiger partial charge in [0.1, 0.15) is 5.15 Å². The second kappa shape index (κ2) is 5.42. The van der Waals surface area contributed by atoms with Gasteiger partial charge < -0.3 is 0 Å². The Bertz CT molecular complexity index is 291. The lowest BCUT2D eigenvalue weighted by atomic mass is 10.2. The van der Waals surface area contributed by atoms with E-state index in [0.29, 0.717) is 5.15 Å². The molecule has 1 aliphatic rings. The van der Waals surface area contributed by atoms with Gasteiger partial charge in [-0.15, -0.1) is 0 Å². The van der Waals surface area contributed by atoms with E-state index < -0.39 is 0 Å². The molecule has 0 unspecified atom stereocenters. The molecule has 2 rings (SSSR count). The average molecular weight is 226 g/mol. The molecule has 2 heterocycles. The van der Waals surface area contributed by atoms with Crippen molar-refractivity contribution in [1.82, 2.24) is 14.9 Å². The van der Waals surface area contributed by atoms with Gasteiger partial charge in [-0.3, -0.25) is 9.88 Å². The van der Waals surface area contributed by atoms with Crippen LogP contribution in [0.1, 0.15) is 31.4 Å². The number of likely N-dealkylation sites (tertiary alicyclic amines) is 1. The van der Waals surface area contributed by atoms with Crippen LogP contribution in [0.3, 0.4) is 0 Å². The fourth-order valence-electron chi connectivity index (χ4n) is 1.94. The summed E-state index contributed by atoms with van der Waals surface area (Å²) in [6.07, 6.45) is 8.73. The van der Waals surface area contributed by atoms with Crippen molar-refractivity contribution < 1.29 is 0 Å². The SMILES string of the molecule is Clc1cnc(CN2CCCCCC2)cn1. The Morgan fingerprint density at radius 1 is 1.07 bits per heavy atom.